The zero-order chi connectivity index (χ0) is 13.2. The van der Waals surface area contributed by atoms with Gasteiger partial charge in [-0.25, -0.2) is 0 Å². The van der Waals surface area contributed by atoms with Crippen molar-refractivity contribution in [1.29, 1.82) is 0 Å². The normalized spacial score (nSPS) is 31.9. The fraction of sp³-hybridized carbons (Fsp3) is 0.688. The van der Waals surface area contributed by atoms with Gasteiger partial charge in [-0.3, -0.25) is 0 Å². The van der Waals surface area contributed by atoms with Gasteiger partial charge in [0.2, 0.25) is 0 Å². The van der Waals surface area contributed by atoms with Crippen LogP contribution in [0.15, 0.2) is 24.3 Å². The van der Waals surface area contributed by atoms with Gasteiger partial charge in [-0.1, -0.05) is 43.9 Å². The lowest BCUT2D eigenvalue weighted by Gasteiger charge is -2.35. The van der Waals surface area contributed by atoms with Crippen LogP contribution in [0, 0.1) is 24.2 Å². The molecule has 101 valence electrons. The van der Waals surface area contributed by atoms with E-state index in [9.17, 15) is 0 Å². The van der Waals surface area contributed by atoms with E-state index < -0.39 is 8.07 Å². The average Bonchev–Trinajstić information content (AvgIpc) is 3.08. The Morgan fingerprint density at radius 2 is 2.00 bits per heavy atom. The fourth-order valence-corrected chi connectivity index (χ4v) is 3.36. The summed E-state index contributed by atoms with van der Waals surface area (Å²) in [4.78, 5) is 0. The summed E-state index contributed by atoms with van der Waals surface area (Å²) >= 11 is 0. The molecule has 0 saturated heterocycles. The molecule has 2 aliphatic rings. The molecule has 0 bridgehead atoms. The summed E-state index contributed by atoms with van der Waals surface area (Å²) in [5.41, 5.74) is -0.0185. The molecule has 0 N–H and O–H groups in total. The van der Waals surface area contributed by atoms with Gasteiger partial charge in [0.1, 0.15) is 0 Å². The van der Waals surface area contributed by atoms with Gasteiger partial charge in [0.15, 0.2) is 0 Å². The molecule has 0 heterocycles. The zero-order valence-electron chi connectivity index (χ0n) is 12.1. The SMILES string of the molecule is [CH2]C1(COCC[Si](C)(C)C)C=CC=CC1C1CC1. The van der Waals surface area contributed by atoms with E-state index in [1.54, 1.807) is 0 Å². The van der Waals surface area contributed by atoms with Crippen molar-refractivity contribution in [2.24, 2.45) is 17.3 Å². The zero-order valence-corrected chi connectivity index (χ0v) is 13.1. The van der Waals surface area contributed by atoms with E-state index in [1.165, 1.54) is 18.9 Å². The molecule has 0 amide bonds. The predicted molar refractivity (Wildman–Crippen MR) is 81.3 cm³/mol. The quantitative estimate of drug-likeness (QED) is 0.512. The van der Waals surface area contributed by atoms with Crippen LogP contribution in [0.25, 0.3) is 0 Å². The van der Waals surface area contributed by atoms with Crippen LogP contribution in [0.3, 0.4) is 0 Å². The van der Waals surface area contributed by atoms with Crippen LogP contribution in [0.5, 0.6) is 0 Å². The van der Waals surface area contributed by atoms with Crippen LogP contribution in [0.2, 0.25) is 25.7 Å². The molecule has 0 aliphatic heterocycles. The minimum Gasteiger partial charge on any atom is -0.381 e. The van der Waals surface area contributed by atoms with E-state index >= 15 is 0 Å². The molecule has 1 nitrogen and oxygen atoms in total. The average molecular weight is 263 g/mol. The van der Waals surface area contributed by atoms with E-state index in [4.69, 9.17) is 4.74 Å². The van der Waals surface area contributed by atoms with Gasteiger partial charge in [0, 0.05) is 20.1 Å². The third-order valence-electron chi connectivity index (χ3n) is 4.02. The van der Waals surface area contributed by atoms with Crippen molar-refractivity contribution < 1.29 is 4.74 Å². The third kappa shape index (κ3) is 3.82. The van der Waals surface area contributed by atoms with E-state index in [1.807, 2.05) is 0 Å². The summed E-state index contributed by atoms with van der Waals surface area (Å²) in [6.07, 6.45) is 11.6. The minimum absolute atomic E-state index is 0.0185. The van der Waals surface area contributed by atoms with Gasteiger partial charge < -0.3 is 4.74 Å². The molecule has 1 radical (unpaired) electrons. The maximum absolute atomic E-state index is 5.95. The molecule has 18 heavy (non-hydrogen) atoms. The molecule has 0 aromatic carbocycles. The van der Waals surface area contributed by atoms with Crippen LogP contribution in [0.1, 0.15) is 12.8 Å². The first-order chi connectivity index (χ1) is 8.41. The van der Waals surface area contributed by atoms with Gasteiger partial charge in [-0.15, -0.1) is 0 Å². The first kappa shape index (κ1) is 14.1. The van der Waals surface area contributed by atoms with E-state index in [2.05, 4.69) is 50.9 Å². The number of allylic oxidation sites excluding steroid dienone is 3. The van der Waals surface area contributed by atoms with Crippen molar-refractivity contribution in [3.05, 3.63) is 31.2 Å². The van der Waals surface area contributed by atoms with Crippen LogP contribution in [-0.2, 0) is 4.74 Å². The summed E-state index contributed by atoms with van der Waals surface area (Å²) in [6, 6.07) is 1.25. The second-order valence-corrected chi connectivity index (χ2v) is 12.8. The summed E-state index contributed by atoms with van der Waals surface area (Å²) in [5.74, 6) is 1.44. The Labute approximate surface area is 113 Å². The molecule has 0 aromatic heterocycles. The summed E-state index contributed by atoms with van der Waals surface area (Å²) in [5, 5.41) is 0. The Morgan fingerprint density at radius 3 is 2.61 bits per heavy atom. The molecule has 0 aromatic rings. The van der Waals surface area contributed by atoms with Crippen LogP contribution >= 0.6 is 0 Å². The molecule has 2 unspecified atom stereocenters. The van der Waals surface area contributed by atoms with E-state index in [-0.39, 0.29) is 5.41 Å². The van der Waals surface area contributed by atoms with E-state index in [0.29, 0.717) is 5.92 Å². The largest absolute Gasteiger partial charge is 0.381 e. The Balaban J connectivity index is 1.82. The van der Waals surface area contributed by atoms with Gasteiger partial charge >= 0.3 is 0 Å². The van der Waals surface area contributed by atoms with Crippen molar-refractivity contribution >= 4 is 8.07 Å². The minimum atomic E-state index is -0.972. The van der Waals surface area contributed by atoms with Gasteiger partial charge in [-0.05, 0) is 37.6 Å². The lowest BCUT2D eigenvalue weighted by Crippen LogP contribution is -2.33. The van der Waals surface area contributed by atoms with Crippen LogP contribution in [0.4, 0.5) is 0 Å². The number of hydrogen-bond acceptors (Lipinski definition) is 1. The smallest absolute Gasteiger partial charge is 0.0562 e. The highest BCUT2D eigenvalue weighted by molar-refractivity contribution is 6.76. The molecular formula is C16H27OSi. The van der Waals surface area contributed by atoms with Crippen molar-refractivity contribution in [3.8, 4) is 0 Å². The molecule has 1 fully saturated rings. The molecule has 2 rings (SSSR count). The Hall–Kier alpha value is -0.343. The Morgan fingerprint density at radius 1 is 1.28 bits per heavy atom. The topological polar surface area (TPSA) is 9.23 Å². The highest BCUT2D eigenvalue weighted by atomic mass is 28.3. The standard InChI is InChI=1S/C16H27OSi/c1-16(13-17-11-12-18(2,3)4)10-6-5-7-15(16)14-8-9-14/h5-7,10,14-15H,1,8-9,11-13H2,2-4H3. The molecule has 0 spiro atoms. The molecule has 2 heteroatoms. The van der Waals surface area contributed by atoms with Crippen LogP contribution in [-0.4, -0.2) is 21.3 Å². The van der Waals surface area contributed by atoms with Gasteiger partial charge in [0.05, 0.1) is 6.61 Å². The highest BCUT2D eigenvalue weighted by Gasteiger charge is 2.41. The predicted octanol–water partition coefficient (Wildman–Crippen LogP) is 4.31. The van der Waals surface area contributed by atoms with Crippen molar-refractivity contribution in [3.63, 3.8) is 0 Å². The summed E-state index contributed by atoms with van der Waals surface area (Å²) < 4.78 is 5.95. The maximum atomic E-state index is 5.95. The summed E-state index contributed by atoms with van der Waals surface area (Å²) in [7, 11) is -0.972. The van der Waals surface area contributed by atoms with E-state index in [0.717, 1.165) is 19.1 Å². The number of hydrogen-bond donors (Lipinski definition) is 0. The van der Waals surface area contributed by atoms with Gasteiger partial charge in [0.25, 0.3) is 0 Å². The van der Waals surface area contributed by atoms with Crippen molar-refractivity contribution in [1.82, 2.24) is 0 Å². The lowest BCUT2D eigenvalue weighted by molar-refractivity contribution is 0.0717. The Bertz CT molecular complexity index is 335. The molecule has 1 saturated carbocycles. The molecule has 2 aliphatic carbocycles. The number of rotatable bonds is 6. The maximum Gasteiger partial charge on any atom is 0.0562 e. The fourth-order valence-electron chi connectivity index (χ4n) is 2.60. The van der Waals surface area contributed by atoms with Crippen molar-refractivity contribution in [2.45, 2.75) is 38.5 Å². The summed E-state index contributed by atoms with van der Waals surface area (Å²) in [6.45, 7) is 13.3. The lowest BCUT2D eigenvalue weighted by atomic mass is 9.72. The second-order valence-electron chi connectivity index (χ2n) is 7.20. The first-order valence-electron chi connectivity index (χ1n) is 7.20. The van der Waals surface area contributed by atoms with Gasteiger partial charge in [-0.2, -0.15) is 0 Å². The molecular weight excluding hydrogens is 236 g/mol. The Kier molecular flexibility index (Phi) is 4.17. The van der Waals surface area contributed by atoms with Crippen LogP contribution < -0.4 is 0 Å². The molecule has 2 atom stereocenters. The second kappa shape index (κ2) is 5.34. The highest BCUT2D eigenvalue weighted by Crippen LogP contribution is 2.48. The van der Waals surface area contributed by atoms with Crippen molar-refractivity contribution in [2.75, 3.05) is 13.2 Å². The third-order valence-corrected chi connectivity index (χ3v) is 5.72. The monoisotopic (exact) mass is 263 g/mol. The first-order valence-corrected chi connectivity index (χ1v) is 10.9. The number of ether oxygens (including phenoxy) is 1.